The van der Waals surface area contributed by atoms with E-state index in [2.05, 4.69) is 71.4 Å². The van der Waals surface area contributed by atoms with Crippen molar-refractivity contribution in [1.29, 1.82) is 0 Å². The summed E-state index contributed by atoms with van der Waals surface area (Å²) >= 11 is 6.15. The summed E-state index contributed by atoms with van der Waals surface area (Å²) in [6, 6.07) is 14.5. The van der Waals surface area contributed by atoms with E-state index < -0.39 is 0 Å². The summed E-state index contributed by atoms with van der Waals surface area (Å²) in [5, 5.41) is 9.03. The fourth-order valence-electron chi connectivity index (χ4n) is 3.91. The van der Waals surface area contributed by atoms with Gasteiger partial charge in [0.2, 0.25) is 0 Å². The highest BCUT2D eigenvalue weighted by atomic mass is 35.5. The Labute approximate surface area is 190 Å². The van der Waals surface area contributed by atoms with Crippen molar-refractivity contribution in [3.8, 4) is 0 Å². The Kier molecular flexibility index (Phi) is 6.37. The maximum absolute atomic E-state index is 6.15. The zero-order valence-electron chi connectivity index (χ0n) is 18.9. The number of fused-ring (bicyclic) bond motifs is 1. The van der Waals surface area contributed by atoms with Crippen LogP contribution in [-0.4, -0.2) is 48.6 Å². The zero-order valence-corrected chi connectivity index (χ0v) is 19.6. The number of pyridine rings is 1. The van der Waals surface area contributed by atoms with E-state index in [0.29, 0.717) is 5.02 Å². The summed E-state index contributed by atoms with van der Waals surface area (Å²) in [6.07, 6.45) is 1.82. The molecular weight excluding hydrogens is 406 g/mol. The second kappa shape index (κ2) is 9.03. The van der Waals surface area contributed by atoms with Gasteiger partial charge in [0.15, 0.2) is 0 Å². The van der Waals surface area contributed by atoms with Gasteiger partial charge in [0, 0.05) is 71.9 Å². The maximum Gasteiger partial charge on any atom is 0.0737 e. The number of likely N-dealkylation sites (N-methyl/N-ethyl adjacent to an activating group) is 1. The van der Waals surface area contributed by atoms with Gasteiger partial charge in [-0.15, -0.1) is 0 Å². The Morgan fingerprint density at radius 1 is 1.00 bits per heavy atom. The number of piperazine rings is 1. The first-order valence-corrected chi connectivity index (χ1v) is 11.3. The summed E-state index contributed by atoms with van der Waals surface area (Å²) < 4.78 is 0. The molecule has 0 unspecified atom stereocenters. The molecule has 1 aliphatic heterocycles. The van der Waals surface area contributed by atoms with Crippen LogP contribution >= 0.6 is 11.6 Å². The van der Waals surface area contributed by atoms with Gasteiger partial charge in [-0.05, 0) is 75.8 Å². The average molecular weight is 438 g/mol. The maximum atomic E-state index is 6.15. The minimum Gasteiger partial charge on any atom is -0.369 e. The molecule has 2 N–H and O–H groups in total. The first-order valence-electron chi connectivity index (χ1n) is 10.9. The summed E-state index contributed by atoms with van der Waals surface area (Å²) in [7, 11) is 2.19. The summed E-state index contributed by atoms with van der Waals surface area (Å²) in [5.74, 6) is 0. The van der Waals surface area contributed by atoms with Crippen LogP contribution in [0.1, 0.15) is 26.3 Å². The third kappa shape index (κ3) is 5.48. The molecule has 1 aromatic heterocycles. The average Bonchev–Trinajstić information content (AvgIpc) is 2.72. The number of aromatic nitrogens is 1. The molecule has 31 heavy (non-hydrogen) atoms. The summed E-state index contributed by atoms with van der Waals surface area (Å²) in [6.45, 7) is 11.8. The van der Waals surface area contributed by atoms with Crippen LogP contribution < -0.4 is 15.5 Å². The quantitative estimate of drug-likeness (QED) is 0.569. The first kappa shape index (κ1) is 21.9. The molecule has 1 aliphatic rings. The highest BCUT2D eigenvalue weighted by Crippen LogP contribution is 2.30. The van der Waals surface area contributed by atoms with E-state index in [1.165, 1.54) is 11.3 Å². The number of nitrogens with zero attached hydrogens (tertiary/aromatic N) is 3. The highest BCUT2D eigenvalue weighted by molar-refractivity contribution is 6.31. The number of nitrogens with one attached hydrogen (secondary N) is 2. The molecule has 5 nitrogen and oxygen atoms in total. The topological polar surface area (TPSA) is 43.4 Å². The van der Waals surface area contributed by atoms with E-state index in [-0.39, 0.29) is 5.54 Å². The predicted molar refractivity (Wildman–Crippen MR) is 133 cm³/mol. The Morgan fingerprint density at radius 2 is 1.77 bits per heavy atom. The van der Waals surface area contributed by atoms with Gasteiger partial charge in [0.05, 0.1) is 5.52 Å². The molecule has 0 atom stereocenters. The van der Waals surface area contributed by atoms with Crippen LogP contribution in [0, 0.1) is 0 Å². The standard InChI is InChI=1S/C25H32ClN5/c1-25(2,3)28-17-18-15-20(6-8-24(18)31-13-11-30(4)12-14-31)29-22-9-10-27-23-16-19(26)5-7-21(22)23/h5-10,15-16,28H,11-14,17H2,1-4H3,(H,27,29). The van der Waals surface area contributed by atoms with Crippen LogP contribution in [0.4, 0.5) is 17.1 Å². The zero-order chi connectivity index (χ0) is 22.0. The Balaban J connectivity index is 1.64. The fraction of sp³-hybridized carbons (Fsp3) is 0.400. The molecule has 0 saturated carbocycles. The Bertz CT molecular complexity index is 1050. The van der Waals surface area contributed by atoms with Crippen LogP contribution in [0.5, 0.6) is 0 Å². The van der Waals surface area contributed by atoms with Gasteiger partial charge < -0.3 is 20.4 Å². The summed E-state index contributed by atoms with van der Waals surface area (Å²) in [4.78, 5) is 9.35. The van der Waals surface area contributed by atoms with Crippen molar-refractivity contribution in [3.05, 3.63) is 59.2 Å². The third-order valence-electron chi connectivity index (χ3n) is 5.72. The Hall–Kier alpha value is -2.34. The van der Waals surface area contributed by atoms with Gasteiger partial charge in [-0.2, -0.15) is 0 Å². The van der Waals surface area contributed by atoms with Crippen molar-refractivity contribution in [2.75, 3.05) is 43.4 Å². The van der Waals surface area contributed by atoms with Crippen LogP contribution in [0.3, 0.4) is 0 Å². The fourth-order valence-corrected chi connectivity index (χ4v) is 4.07. The van der Waals surface area contributed by atoms with Gasteiger partial charge in [0.25, 0.3) is 0 Å². The van der Waals surface area contributed by atoms with Gasteiger partial charge >= 0.3 is 0 Å². The molecule has 3 aromatic rings. The van der Waals surface area contributed by atoms with Crippen LogP contribution in [0.25, 0.3) is 10.9 Å². The normalized spacial score (nSPS) is 15.5. The minimum absolute atomic E-state index is 0.0589. The second-order valence-corrected chi connectivity index (χ2v) is 9.82. The predicted octanol–water partition coefficient (Wildman–Crippen LogP) is 5.27. The molecule has 1 saturated heterocycles. The monoisotopic (exact) mass is 437 g/mol. The number of rotatable bonds is 5. The smallest absolute Gasteiger partial charge is 0.0737 e. The van der Waals surface area contributed by atoms with E-state index in [9.17, 15) is 0 Å². The van der Waals surface area contributed by atoms with Crippen molar-refractivity contribution in [1.82, 2.24) is 15.2 Å². The molecular formula is C25H32ClN5. The van der Waals surface area contributed by atoms with Gasteiger partial charge in [-0.25, -0.2) is 0 Å². The van der Waals surface area contributed by atoms with Crippen molar-refractivity contribution in [2.24, 2.45) is 0 Å². The van der Waals surface area contributed by atoms with E-state index in [1.54, 1.807) is 0 Å². The van der Waals surface area contributed by atoms with E-state index in [1.807, 2.05) is 30.5 Å². The van der Waals surface area contributed by atoms with E-state index in [0.717, 1.165) is 55.0 Å². The van der Waals surface area contributed by atoms with Gasteiger partial charge in [-0.1, -0.05) is 11.6 Å². The lowest BCUT2D eigenvalue weighted by molar-refractivity contribution is 0.312. The number of hydrogen-bond acceptors (Lipinski definition) is 5. The van der Waals surface area contributed by atoms with Crippen molar-refractivity contribution in [2.45, 2.75) is 32.9 Å². The lowest BCUT2D eigenvalue weighted by atomic mass is 10.1. The lowest BCUT2D eigenvalue weighted by Crippen LogP contribution is -2.45. The number of hydrogen-bond donors (Lipinski definition) is 2. The van der Waals surface area contributed by atoms with Crippen molar-refractivity contribution >= 4 is 39.6 Å². The van der Waals surface area contributed by atoms with Crippen molar-refractivity contribution < 1.29 is 0 Å². The molecule has 0 spiro atoms. The molecule has 0 aliphatic carbocycles. The van der Waals surface area contributed by atoms with Crippen LogP contribution in [-0.2, 0) is 6.54 Å². The SMILES string of the molecule is CN1CCN(c2ccc(Nc3ccnc4cc(Cl)ccc34)cc2CNC(C)(C)C)CC1. The minimum atomic E-state index is 0.0589. The molecule has 164 valence electrons. The van der Waals surface area contributed by atoms with E-state index in [4.69, 9.17) is 11.6 Å². The van der Waals surface area contributed by atoms with Crippen molar-refractivity contribution in [3.63, 3.8) is 0 Å². The highest BCUT2D eigenvalue weighted by Gasteiger charge is 2.19. The van der Waals surface area contributed by atoms with Crippen LogP contribution in [0.15, 0.2) is 48.7 Å². The van der Waals surface area contributed by atoms with E-state index >= 15 is 0 Å². The molecule has 2 heterocycles. The largest absolute Gasteiger partial charge is 0.369 e. The number of benzene rings is 2. The molecule has 1 fully saturated rings. The molecule has 0 bridgehead atoms. The molecule has 6 heteroatoms. The van der Waals surface area contributed by atoms with Gasteiger partial charge in [-0.3, -0.25) is 4.98 Å². The molecule has 2 aromatic carbocycles. The third-order valence-corrected chi connectivity index (χ3v) is 5.95. The second-order valence-electron chi connectivity index (χ2n) is 9.38. The molecule has 0 amide bonds. The lowest BCUT2D eigenvalue weighted by Gasteiger charge is -2.35. The number of halogens is 1. The Morgan fingerprint density at radius 3 is 2.52 bits per heavy atom. The van der Waals surface area contributed by atoms with Gasteiger partial charge in [0.1, 0.15) is 0 Å². The van der Waals surface area contributed by atoms with Crippen LogP contribution in [0.2, 0.25) is 5.02 Å². The molecule has 4 rings (SSSR count). The number of anilines is 3. The summed E-state index contributed by atoms with van der Waals surface area (Å²) in [5.41, 5.74) is 5.69. The molecule has 0 radical (unpaired) electrons. The first-order chi connectivity index (χ1) is 14.8.